The SMILES string of the molecule is CC(C)(C)C(=O)NCCCNc1ccc(N)nc1. The van der Waals surface area contributed by atoms with E-state index in [1.165, 1.54) is 0 Å². The average Bonchev–Trinajstić information content (AvgIpc) is 2.29. The van der Waals surface area contributed by atoms with Crippen LogP contribution >= 0.6 is 0 Å². The van der Waals surface area contributed by atoms with Gasteiger partial charge in [-0.3, -0.25) is 4.79 Å². The molecule has 0 aliphatic rings. The number of pyridine rings is 1. The second kappa shape index (κ2) is 6.23. The van der Waals surface area contributed by atoms with Crippen LogP contribution in [0, 0.1) is 5.41 Å². The largest absolute Gasteiger partial charge is 0.384 e. The van der Waals surface area contributed by atoms with Gasteiger partial charge in [-0.15, -0.1) is 0 Å². The Balaban J connectivity index is 2.16. The third kappa shape index (κ3) is 5.03. The summed E-state index contributed by atoms with van der Waals surface area (Å²) in [5.74, 6) is 0.592. The highest BCUT2D eigenvalue weighted by Gasteiger charge is 2.19. The number of amides is 1. The van der Waals surface area contributed by atoms with Crippen molar-refractivity contribution in [2.75, 3.05) is 24.1 Å². The third-order valence-electron chi connectivity index (χ3n) is 2.44. The van der Waals surface area contributed by atoms with Crippen LogP contribution in [0.5, 0.6) is 0 Å². The van der Waals surface area contributed by atoms with Crippen molar-refractivity contribution in [3.05, 3.63) is 18.3 Å². The van der Waals surface area contributed by atoms with Crippen molar-refractivity contribution in [2.45, 2.75) is 27.2 Å². The van der Waals surface area contributed by atoms with Gasteiger partial charge in [-0.2, -0.15) is 0 Å². The number of nitrogens with two attached hydrogens (primary N) is 1. The van der Waals surface area contributed by atoms with Gasteiger partial charge in [0.05, 0.1) is 11.9 Å². The van der Waals surface area contributed by atoms with Crippen LogP contribution in [0.25, 0.3) is 0 Å². The van der Waals surface area contributed by atoms with E-state index in [-0.39, 0.29) is 11.3 Å². The lowest BCUT2D eigenvalue weighted by Crippen LogP contribution is -2.35. The molecule has 0 atom stereocenters. The quantitative estimate of drug-likeness (QED) is 0.694. The molecule has 0 unspecified atom stereocenters. The second-order valence-electron chi connectivity index (χ2n) is 5.26. The summed E-state index contributed by atoms with van der Waals surface area (Å²) < 4.78 is 0. The number of hydrogen-bond acceptors (Lipinski definition) is 4. The molecule has 0 aliphatic carbocycles. The van der Waals surface area contributed by atoms with E-state index in [4.69, 9.17) is 5.73 Å². The predicted molar refractivity (Wildman–Crippen MR) is 74.2 cm³/mol. The van der Waals surface area contributed by atoms with Gasteiger partial charge in [-0.05, 0) is 18.6 Å². The molecule has 1 aromatic heterocycles. The zero-order valence-electron chi connectivity index (χ0n) is 11.3. The molecule has 0 radical (unpaired) electrons. The van der Waals surface area contributed by atoms with Crippen molar-refractivity contribution in [3.8, 4) is 0 Å². The number of aromatic nitrogens is 1. The van der Waals surface area contributed by atoms with Crippen LogP contribution in [-0.2, 0) is 4.79 Å². The number of carbonyl (C=O) groups is 1. The second-order valence-corrected chi connectivity index (χ2v) is 5.26. The molecule has 0 saturated heterocycles. The Hall–Kier alpha value is -1.78. The fourth-order valence-electron chi connectivity index (χ4n) is 1.30. The van der Waals surface area contributed by atoms with Gasteiger partial charge in [0.15, 0.2) is 0 Å². The van der Waals surface area contributed by atoms with E-state index in [0.29, 0.717) is 12.4 Å². The molecule has 1 rings (SSSR count). The highest BCUT2D eigenvalue weighted by atomic mass is 16.2. The summed E-state index contributed by atoms with van der Waals surface area (Å²) in [6, 6.07) is 3.64. The summed E-state index contributed by atoms with van der Waals surface area (Å²) in [5, 5.41) is 6.12. The molecule has 100 valence electrons. The molecular weight excluding hydrogens is 228 g/mol. The topological polar surface area (TPSA) is 80.0 Å². The summed E-state index contributed by atoms with van der Waals surface area (Å²) in [7, 11) is 0. The molecule has 0 aliphatic heterocycles. The maximum Gasteiger partial charge on any atom is 0.225 e. The van der Waals surface area contributed by atoms with E-state index in [9.17, 15) is 4.79 Å². The van der Waals surface area contributed by atoms with E-state index in [1.54, 1.807) is 12.3 Å². The molecule has 5 nitrogen and oxygen atoms in total. The molecular formula is C13H22N4O. The molecule has 0 spiro atoms. The minimum atomic E-state index is -0.325. The fraction of sp³-hybridized carbons (Fsp3) is 0.538. The summed E-state index contributed by atoms with van der Waals surface area (Å²) in [6.45, 7) is 7.17. The van der Waals surface area contributed by atoms with Crippen molar-refractivity contribution >= 4 is 17.4 Å². The highest BCUT2D eigenvalue weighted by molar-refractivity contribution is 5.81. The minimum Gasteiger partial charge on any atom is -0.384 e. The van der Waals surface area contributed by atoms with Gasteiger partial charge in [-0.25, -0.2) is 4.98 Å². The van der Waals surface area contributed by atoms with Crippen molar-refractivity contribution in [1.29, 1.82) is 0 Å². The van der Waals surface area contributed by atoms with Gasteiger partial charge in [0.25, 0.3) is 0 Å². The van der Waals surface area contributed by atoms with Crippen LogP contribution in [0.1, 0.15) is 27.2 Å². The van der Waals surface area contributed by atoms with E-state index in [2.05, 4.69) is 15.6 Å². The lowest BCUT2D eigenvalue weighted by molar-refractivity contribution is -0.128. The van der Waals surface area contributed by atoms with Crippen molar-refractivity contribution in [3.63, 3.8) is 0 Å². The number of carbonyl (C=O) groups excluding carboxylic acids is 1. The van der Waals surface area contributed by atoms with E-state index in [0.717, 1.165) is 18.7 Å². The lowest BCUT2D eigenvalue weighted by Gasteiger charge is -2.17. The summed E-state index contributed by atoms with van der Waals surface area (Å²) in [4.78, 5) is 15.6. The van der Waals surface area contributed by atoms with E-state index >= 15 is 0 Å². The Morgan fingerprint density at radius 1 is 1.33 bits per heavy atom. The number of nitrogens with zero attached hydrogens (tertiary/aromatic N) is 1. The first kappa shape index (κ1) is 14.3. The van der Waals surface area contributed by atoms with Gasteiger partial charge in [0, 0.05) is 18.5 Å². The van der Waals surface area contributed by atoms with Crippen molar-refractivity contribution < 1.29 is 4.79 Å². The molecule has 0 saturated carbocycles. The average molecular weight is 250 g/mol. The Bertz CT molecular complexity index is 381. The number of nitrogens with one attached hydrogen (secondary N) is 2. The zero-order valence-corrected chi connectivity index (χ0v) is 11.3. The van der Waals surface area contributed by atoms with E-state index < -0.39 is 0 Å². The Kier molecular flexibility index (Phi) is 4.95. The normalized spacial score (nSPS) is 11.1. The first-order valence-corrected chi connectivity index (χ1v) is 6.13. The summed E-state index contributed by atoms with van der Waals surface area (Å²) in [6.07, 6.45) is 2.56. The molecule has 0 fully saturated rings. The van der Waals surface area contributed by atoms with E-state index in [1.807, 2.05) is 26.8 Å². The molecule has 5 heteroatoms. The van der Waals surface area contributed by atoms with Gasteiger partial charge in [-0.1, -0.05) is 20.8 Å². The Labute approximate surface area is 108 Å². The Morgan fingerprint density at radius 2 is 2.06 bits per heavy atom. The van der Waals surface area contributed by atoms with Crippen LogP contribution in [-0.4, -0.2) is 24.0 Å². The standard InChI is InChI=1S/C13H22N4O/c1-13(2,3)12(18)16-8-4-7-15-10-5-6-11(14)17-9-10/h5-6,9,15H,4,7-8H2,1-3H3,(H2,14,17)(H,16,18). The van der Waals surface area contributed by atoms with Crippen LogP contribution in [0.4, 0.5) is 11.5 Å². The van der Waals surface area contributed by atoms with Crippen LogP contribution in [0.15, 0.2) is 18.3 Å². The smallest absolute Gasteiger partial charge is 0.225 e. The van der Waals surface area contributed by atoms with Crippen molar-refractivity contribution in [1.82, 2.24) is 10.3 Å². The Morgan fingerprint density at radius 3 is 2.61 bits per heavy atom. The molecule has 0 bridgehead atoms. The molecule has 1 heterocycles. The maximum atomic E-state index is 11.6. The number of anilines is 2. The monoisotopic (exact) mass is 250 g/mol. The fourth-order valence-corrected chi connectivity index (χ4v) is 1.30. The molecule has 0 aromatic carbocycles. The van der Waals surface area contributed by atoms with Crippen LogP contribution in [0.2, 0.25) is 0 Å². The molecule has 4 N–H and O–H groups in total. The van der Waals surface area contributed by atoms with Gasteiger partial charge < -0.3 is 16.4 Å². The molecule has 1 aromatic rings. The summed E-state index contributed by atoms with van der Waals surface area (Å²) >= 11 is 0. The van der Waals surface area contributed by atoms with Crippen LogP contribution < -0.4 is 16.4 Å². The summed E-state index contributed by atoms with van der Waals surface area (Å²) in [5.41, 5.74) is 6.10. The number of rotatable bonds is 5. The molecule has 1 amide bonds. The van der Waals surface area contributed by atoms with Crippen molar-refractivity contribution in [2.24, 2.45) is 5.41 Å². The number of hydrogen-bond donors (Lipinski definition) is 3. The lowest BCUT2D eigenvalue weighted by atomic mass is 9.96. The maximum absolute atomic E-state index is 11.6. The van der Waals surface area contributed by atoms with Gasteiger partial charge in [0.1, 0.15) is 5.82 Å². The first-order valence-electron chi connectivity index (χ1n) is 6.13. The van der Waals surface area contributed by atoms with Gasteiger partial charge in [0.2, 0.25) is 5.91 Å². The highest BCUT2D eigenvalue weighted by Crippen LogP contribution is 2.12. The number of nitrogen functional groups attached to an aromatic ring is 1. The zero-order chi connectivity index (χ0) is 13.6. The van der Waals surface area contributed by atoms with Gasteiger partial charge >= 0.3 is 0 Å². The molecule has 18 heavy (non-hydrogen) atoms. The first-order chi connectivity index (χ1) is 8.39. The minimum absolute atomic E-state index is 0.0802. The van der Waals surface area contributed by atoms with Crippen LogP contribution in [0.3, 0.4) is 0 Å². The predicted octanol–water partition coefficient (Wildman–Crippen LogP) is 1.63. The third-order valence-corrected chi connectivity index (χ3v) is 2.44.